The van der Waals surface area contributed by atoms with Gasteiger partial charge in [-0.05, 0) is 31.4 Å². The van der Waals surface area contributed by atoms with Gasteiger partial charge in [-0.15, -0.1) is 0 Å². The van der Waals surface area contributed by atoms with Gasteiger partial charge in [0.1, 0.15) is 16.7 Å². The molecule has 2 rings (SSSR count). The average Bonchev–Trinajstić information content (AvgIpc) is 2.77. The van der Waals surface area contributed by atoms with Crippen LogP contribution in [0.5, 0.6) is 17.2 Å². The van der Waals surface area contributed by atoms with Crippen molar-refractivity contribution in [3.8, 4) is 17.2 Å². The molecule has 5 heteroatoms. The quantitative estimate of drug-likeness (QED) is 0.162. The first-order chi connectivity index (χ1) is 15.2. The Bertz CT molecular complexity index is 853. The third kappa shape index (κ3) is 7.97. The first-order valence-corrected chi connectivity index (χ1v) is 11.8. The van der Waals surface area contributed by atoms with Crippen molar-refractivity contribution in [2.75, 3.05) is 20.3 Å². The molecule has 0 aliphatic carbocycles. The van der Waals surface area contributed by atoms with Crippen molar-refractivity contribution < 1.29 is 18.6 Å². The van der Waals surface area contributed by atoms with Gasteiger partial charge < -0.3 is 18.6 Å². The van der Waals surface area contributed by atoms with Crippen molar-refractivity contribution in [3.63, 3.8) is 0 Å². The van der Waals surface area contributed by atoms with E-state index in [1.165, 1.54) is 45.6 Å². The summed E-state index contributed by atoms with van der Waals surface area (Å²) in [4.78, 5) is 12.5. The molecule has 0 fully saturated rings. The number of allylic oxidation sites excluding steroid dienone is 1. The highest BCUT2D eigenvalue weighted by atomic mass is 16.5. The summed E-state index contributed by atoms with van der Waals surface area (Å²) < 4.78 is 22.9. The minimum Gasteiger partial charge on any atom is -0.492 e. The summed E-state index contributed by atoms with van der Waals surface area (Å²) in [5.41, 5.74) is -0.0881. The van der Waals surface area contributed by atoms with E-state index < -0.39 is 5.63 Å². The summed E-state index contributed by atoms with van der Waals surface area (Å²) in [6.07, 6.45) is 15.7. The molecule has 0 atom stereocenters. The lowest BCUT2D eigenvalue weighted by atomic mass is 10.1. The molecule has 0 amide bonds. The predicted molar refractivity (Wildman–Crippen MR) is 127 cm³/mol. The largest absolute Gasteiger partial charge is 0.492 e. The van der Waals surface area contributed by atoms with Gasteiger partial charge in [0.05, 0.1) is 20.3 Å². The van der Waals surface area contributed by atoms with Crippen molar-refractivity contribution in [3.05, 3.63) is 40.8 Å². The molecule has 0 radical (unpaired) electrons. The number of unbranched alkanes of at least 4 members (excludes halogenated alkanes) is 7. The van der Waals surface area contributed by atoms with Gasteiger partial charge in [-0.3, -0.25) is 0 Å². The van der Waals surface area contributed by atoms with Gasteiger partial charge >= 0.3 is 5.63 Å². The number of hydrogen-bond donors (Lipinski definition) is 0. The Morgan fingerprint density at radius 1 is 0.871 bits per heavy atom. The van der Waals surface area contributed by atoms with Crippen LogP contribution < -0.4 is 19.8 Å². The fourth-order valence-electron chi connectivity index (χ4n) is 3.54. The number of rotatable bonds is 16. The standard InChI is InChI=1S/C26H38O5/c1-4-6-8-10-11-12-13-15-20-30-25-24(28-3)23-21(29-19-14-9-7-5-2)17-16-18-22(23)31-26(25)27/h7,9,16-18H,4-6,8,10-15,19-20H2,1-3H3. The Balaban J connectivity index is 2.02. The third-order valence-corrected chi connectivity index (χ3v) is 5.20. The van der Waals surface area contributed by atoms with Gasteiger partial charge in [0.15, 0.2) is 5.75 Å². The lowest BCUT2D eigenvalue weighted by Gasteiger charge is -2.14. The molecule has 0 saturated heterocycles. The summed E-state index contributed by atoms with van der Waals surface area (Å²) in [5, 5.41) is 0.634. The normalized spacial score (nSPS) is 11.3. The van der Waals surface area contributed by atoms with E-state index in [4.69, 9.17) is 18.6 Å². The summed E-state index contributed by atoms with van der Waals surface area (Å²) in [7, 11) is 1.54. The molecule has 0 bridgehead atoms. The molecule has 0 N–H and O–H groups in total. The molecule has 172 valence electrons. The molecule has 1 heterocycles. The number of hydrogen-bond acceptors (Lipinski definition) is 5. The van der Waals surface area contributed by atoms with Crippen LogP contribution in [0.2, 0.25) is 0 Å². The van der Waals surface area contributed by atoms with Crippen molar-refractivity contribution in [2.45, 2.75) is 78.1 Å². The van der Waals surface area contributed by atoms with Crippen molar-refractivity contribution in [2.24, 2.45) is 0 Å². The van der Waals surface area contributed by atoms with Crippen LogP contribution in [-0.2, 0) is 0 Å². The molecule has 0 aliphatic heterocycles. The summed E-state index contributed by atoms with van der Waals surface area (Å²) in [6, 6.07) is 5.41. The van der Waals surface area contributed by atoms with Crippen LogP contribution in [-0.4, -0.2) is 20.3 Å². The topological polar surface area (TPSA) is 57.9 Å². The smallest absolute Gasteiger partial charge is 0.383 e. The zero-order chi connectivity index (χ0) is 22.3. The molecule has 1 aromatic heterocycles. The van der Waals surface area contributed by atoms with Gasteiger partial charge in [0, 0.05) is 0 Å². The molecule has 0 saturated carbocycles. The van der Waals surface area contributed by atoms with Gasteiger partial charge in [-0.25, -0.2) is 4.79 Å². The third-order valence-electron chi connectivity index (χ3n) is 5.20. The monoisotopic (exact) mass is 430 g/mol. The summed E-state index contributed by atoms with van der Waals surface area (Å²) in [6.45, 7) is 5.33. The highest BCUT2D eigenvalue weighted by molar-refractivity contribution is 5.91. The zero-order valence-corrected chi connectivity index (χ0v) is 19.4. The van der Waals surface area contributed by atoms with Crippen LogP contribution in [0, 0.1) is 0 Å². The van der Waals surface area contributed by atoms with Crippen LogP contribution >= 0.6 is 0 Å². The minimum atomic E-state index is -0.521. The number of ether oxygens (including phenoxy) is 3. The second kappa shape index (κ2) is 14.6. The molecule has 31 heavy (non-hydrogen) atoms. The van der Waals surface area contributed by atoms with Gasteiger partial charge in [0.2, 0.25) is 5.75 Å². The molecular formula is C26H38O5. The fraction of sp³-hybridized carbons (Fsp3) is 0.577. The van der Waals surface area contributed by atoms with E-state index in [1.807, 2.05) is 12.1 Å². The first-order valence-electron chi connectivity index (χ1n) is 11.8. The van der Waals surface area contributed by atoms with Crippen molar-refractivity contribution in [1.82, 2.24) is 0 Å². The maximum atomic E-state index is 12.5. The van der Waals surface area contributed by atoms with Gasteiger partial charge in [-0.1, -0.05) is 77.0 Å². The molecule has 2 aromatic rings. The molecule has 1 aromatic carbocycles. The van der Waals surface area contributed by atoms with Gasteiger partial charge in [0.25, 0.3) is 0 Å². The maximum Gasteiger partial charge on any atom is 0.383 e. The summed E-state index contributed by atoms with van der Waals surface area (Å²) >= 11 is 0. The minimum absolute atomic E-state index is 0.125. The Morgan fingerprint density at radius 3 is 2.32 bits per heavy atom. The van der Waals surface area contributed by atoms with E-state index in [0.717, 1.165) is 25.7 Å². The lowest BCUT2D eigenvalue weighted by molar-refractivity contribution is 0.270. The number of fused-ring (bicyclic) bond motifs is 1. The predicted octanol–water partition coefficient (Wildman–Crippen LogP) is 7.06. The Hall–Kier alpha value is -2.43. The zero-order valence-electron chi connectivity index (χ0n) is 19.4. The van der Waals surface area contributed by atoms with Crippen LogP contribution in [0.3, 0.4) is 0 Å². The van der Waals surface area contributed by atoms with E-state index in [0.29, 0.717) is 35.7 Å². The van der Waals surface area contributed by atoms with Crippen molar-refractivity contribution >= 4 is 11.0 Å². The SMILES string of the molecule is CCC=CCCOc1cccc2oc(=O)c(OCCCCCCCCCC)c(OC)c12. The Kier molecular flexibility index (Phi) is 11.7. The fourth-order valence-corrected chi connectivity index (χ4v) is 3.54. The van der Waals surface area contributed by atoms with Crippen LogP contribution in [0.4, 0.5) is 0 Å². The van der Waals surface area contributed by atoms with E-state index in [9.17, 15) is 4.79 Å². The van der Waals surface area contributed by atoms with E-state index >= 15 is 0 Å². The summed E-state index contributed by atoms with van der Waals surface area (Å²) in [5.74, 6) is 1.13. The van der Waals surface area contributed by atoms with Crippen molar-refractivity contribution in [1.29, 1.82) is 0 Å². The second-order valence-electron chi connectivity index (χ2n) is 7.72. The molecule has 0 spiro atoms. The molecular weight excluding hydrogens is 392 g/mol. The number of methoxy groups -OCH3 is 1. The van der Waals surface area contributed by atoms with Gasteiger partial charge in [-0.2, -0.15) is 0 Å². The van der Waals surface area contributed by atoms with Crippen LogP contribution in [0.25, 0.3) is 11.0 Å². The maximum absolute atomic E-state index is 12.5. The second-order valence-corrected chi connectivity index (χ2v) is 7.72. The number of benzene rings is 1. The Morgan fingerprint density at radius 2 is 1.61 bits per heavy atom. The Labute approximate surface area is 186 Å². The van der Waals surface area contributed by atoms with E-state index in [2.05, 4.69) is 26.0 Å². The lowest BCUT2D eigenvalue weighted by Crippen LogP contribution is -2.11. The van der Waals surface area contributed by atoms with E-state index in [-0.39, 0.29) is 5.75 Å². The average molecular weight is 431 g/mol. The molecule has 0 unspecified atom stereocenters. The first kappa shape index (κ1) is 24.8. The van der Waals surface area contributed by atoms with Crippen LogP contribution in [0.1, 0.15) is 78.1 Å². The highest BCUT2D eigenvalue weighted by Crippen LogP contribution is 2.38. The molecule has 5 nitrogen and oxygen atoms in total. The molecule has 0 aliphatic rings. The highest BCUT2D eigenvalue weighted by Gasteiger charge is 2.20. The van der Waals surface area contributed by atoms with Crippen LogP contribution in [0.15, 0.2) is 39.6 Å². The van der Waals surface area contributed by atoms with E-state index in [1.54, 1.807) is 6.07 Å².